The van der Waals surface area contributed by atoms with Gasteiger partial charge in [0.25, 0.3) is 0 Å². The lowest BCUT2D eigenvalue weighted by Gasteiger charge is -2.17. The highest BCUT2D eigenvalue weighted by molar-refractivity contribution is 7.89. The summed E-state index contributed by atoms with van der Waals surface area (Å²) in [6.45, 7) is 9.88. The third-order valence-electron chi connectivity index (χ3n) is 3.24. The lowest BCUT2D eigenvalue weighted by molar-refractivity contribution is 0.0799. The molecule has 0 saturated heterocycles. The molecular weight excluding hydrogens is 276 g/mol. The summed E-state index contributed by atoms with van der Waals surface area (Å²) in [7, 11) is -3.58. The van der Waals surface area contributed by atoms with Crippen LogP contribution in [-0.4, -0.2) is 27.7 Å². The molecule has 5 nitrogen and oxygen atoms in total. The minimum Gasteiger partial charge on any atom is -0.398 e. The van der Waals surface area contributed by atoms with Crippen molar-refractivity contribution in [3.63, 3.8) is 0 Å². The Bertz CT molecular complexity index is 583. The number of sulfonamides is 1. The summed E-state index contributed by atoms with van der Waals surface area (Å²) in [4.78, 5) is 0.268. The van der Waals surface area contributed by atoms with Gasteiger partial charge in [-0.15, -0.1) is 0 Å². The van der Waals surface area contributed by atoms with Crippen molar-refractivity contribution in [2.45, 2.75) is 45.6 Å². The van der Waals surface area contributed by atoms with Crippen LogP contribution in [0.3, 0.4) is 0 Å². The largest absolute Gasteiger partial charge is 0.398 e. The molecule has 0 aliphatic rings. The lowest BCUT2D eigenvalue weighted by Crippen LogP contribution is -2.33. The van der Waals surface area contributed by atoms with Crippen molar-refractivity contribution in [2.75, 3.05) is 18.9 Å². The molecule has 0 aliphatic carbocycles. The van der Waals surface area contributed by atoms with E-state index in [-0.39, 0.29) is 17.5 Å². The molecule has 1 atom stereocenters. The number of nitrogens with one attached hydrogen (secondary N) is 1. The fourth-order valence-electron chi connectivity index (χ4n) is 2.24. The summed E-state index contributed by atoms with van der Waals surface area (Å²) in [5.41, 5.74) is 8.64. The zero-order valence-corrected chi connectivity index (χ0v) is 13.6. The van der Waals surface area contributed by atoms with E-state index < -0.39 is 10.0 Å². The van der Waals surface area contributed by atoms with Crippen molar-refractivity contribution in [1.82, 2.24) is 4.72 Å². The number of anilines is 1. The Morgan fingerprint density at radius 2 is 1.90 bits per heavy atom. The molecule has 0 aliphatic heterocycles. The number of benzene rings is 1. The second-order valence-corrected chi connectivity index (χ2v) is 6.70. The first-order chi connectivity index (χ1) is 9.20. The molecule has 0 amide bonds. The molecule has 0 aromatic heterocycles. The van der Waals surface area contributed by atoms with E-state index >= 15 is 0 Å². The average molecular weight is 300 g/mol. The maximum atomic E-state index is 12.4. The molecule has 0 fully saturated rings. The molecule has 1 aromatic rings. The number of hydrogen-bond acceptors (Lipinski definition) is 4. The fourth-order valence-corrected chi connectivity index (χ4v) is 3.83. The van der Waals surface area contributed by atoms with Crippen LogP contribution >= 0.6 is 0 Å². The monoisotopic (exact) mass is 300 g/mol. The van der Waals surface area contributed by atoms with E-state index in [9.17, 15) is 8.42 Å². The minimum atomic E-state index is -3.58. The number of hydrogen-bond donors (Lipinski definition) is 2. The number of ether oxygens (including phenoxy) is 1. The molecule has 0 bridgehead atoms. The first-order valence-corrected chi connectivity index (χ1v) is 8.16. The zero-order chi connectivity index (χ0) is 15.5. The van der Waals surface area contributed by atoms with Crippen LogP contribution in [0.25, 0.3) is 0 Å². The van der Waals surface area contributed by atoms with E-state index in [0.29, 0.717) is 23.4 Å². The standard InChI is InChI=1S/C14H24N2O3S/c1-6-19-11(4)8-16-20(17,18)14-10(3)7-9(2)13(15)12(14)5/h7,11,16H,6,8,15H2,1-5H3. The first-order valence-electron chi connectivity index (χ1n) is 6.68. The fraction of sp³-hybridized carbons (Fsp3) is 0.571. The van der Waals surface area contributed by atoms with Crippen molar-refractivity contribution in [2.24, 2.45) is 0 Å². The van der Waals surface area contributed by atoms with Crippen LogP contribution in [0.2, 0.25) is 0 Å². The molecule has 20 heavy (non-hydrogen) atoms. The molecule has 0 spiro atoms. The molecule has 0 radical (unpaired) electrons. The predicted molar refractivity (Wildman–Crippen MR) is 81.3 cm³/mol. The Kier molecular flexibility index (Phi) is 5.56. The van der Waals surface area contributed by atoms with Gasteiger partial charge in [-0.25, -0.2) is 13.1 Å². The Morgan fingerprint density at radius 3 is 2.45 bits per heavy atom. The summed E-state index contributed by atoms with van der Waals surface area (Å²) in [5.74, 6) is 0. The quantitative estimate of drug-likeness (QED) is 0.786. The van der Waals surface area contributed by atoms with Crippen molar-refractivity contribution in [3.8, 4) is 0 Å². The summed E-state index contributed by atoms with van der Waals surface area (Å²) >= 11 is 0. The highest BCUT2D eigenvalue weighted by atomic mass is 32.2. The highest BCUT2D eigenvalue weighted by Gasteiger charge is 2.22. The second kappa shape index (κ2) is 6.56. The summed E-state index contributed by atoms with van der Waals surface area (Å²) in [6, 6.07) is 1.79. The van der Waals surface area contributed by atoms with Crippen molar-refractivity contribution < 1.29 is 13.2 Å². The van der Waals surface area contributed by atoms with E-state index in [0.717, 1.165) is 5.56 Å². The van der Waals surface area contributed by atoms with Crippen LogP contribution in [0.15, 0.2) is 11.0 Å². The van der Waals surface area contributed by atoms with Gasteiger partial charge in [0, 0.05) is 18.8 Å². The minimum absolute atomic E-state index is 0.168. The van der Waals surface area contributed by atoms with Crippen LogP contribution in [0.4, 0.5) is 5.69 Å². The maximum absolute atomic E-state index is 12.4. The molecule has 1 aromatic carbocycles. The predicted octanol–water partition coefficient (Wildman–Crippen LogP) is 1.90. The van der Waals surface area contributed by atoms with Gasteiger partial charge in [0.15, 0.2) is 0 Å². The Labute approximate surface area is 121 Å². The Hall–Kier alpha value is -1.11. The molecule has 3 N–H and O–H groups in total. The number of nitrogens with two attached hydrogens (primary N) is 1. The molecule has 1 rings (SSSR count). The molecule has 0 heterocycles. The van der Waals surface area contributed by atoms with E-state index in [4.69, 9.17) is 10.5 Å². The van der Waals surface area contributed by atoms with E-state index in [1.54, 1.807) is 19.9 Å². The third-order valence-corrected chi connectivity index (χ3v) is 4.95. The summed E-state index contributed by atoms with van der Waals surface area (Å²) < 4.78 is 32.8. The van der Waals surface area contributed by atoms with Gasteiger partial charge in [0.05, 0.1) is 11.0 Å². The Morgan fingerprint density at radius 1 is 1.30 bits per heavy atom. The lowest BCUT2D eigenvalue weighted by atomic mass is 10.1. The molecular formula is C14H24N2O3S. The van der Waals surface area contributed by atoms with Crippen LogP contribution in [0.1, 0.15) is 30.5 Å². The van der Waals surface area contributed by atoms with E-state index in [1.165, 1.54) is 0 Å². The zero-order valence-electron chi connectivity index (χ0n) is 12.8. The van der Waals surface area contributed by atoms with Gasteiger partial charge in [-0.05, 0) is 51.3 Å². The van der Waals surface area contributed by atoms with Gasteiger partial charge in [0.1, 0.15) is 0 Å². The van der Waals surface area contributed by atoms with Crippen molar-refractivity contribution in [1.29, 1.82) is 0 Å². The number of aryl methyl sites for hydroxylation is 2. The molecule has 6 heteroatoms. The SMILES string of the molecule is CCOC(C)CNS(=O)(=O)c1c(C)cc(C)c(N)c1C. The van der Waals surface area contributed by atoms with Gasteiger partial charge < -0.3 is 10.5 Å². The van der Waals surface area contributed by atoms with Gasteiger partial charge in [-0.3, -0.25) is 0 Å². The van der Waals surface area contributed by atoms with Crippen LogP contribution in [0, 0.1) is 20.8 Å². The van der Waals surface area contributed by atoms with Crippen molar-refractivity contribution in [3.05, 3.63) is 22.8 Å². The van der Waals surface area contributed by atoms with Crippen LogP contribution in [0.5, 0.6) is 0 Å². The maximum Gasteiger partial charge on any atom is 0.241 e. The Balaban J connectivity index is 3.08. The summed E-state index contributed by atoms with van der Waals surface area (Å²) in [6.07, 6.45) is -0.168. The molecule has 1 unspecified atom stereocenters. The topological polar surface area (TPSA) is 81.4 Å². The van der Waals surface area contributed by atoms with Crippen LogP contribution in [-0.2, 0) is 14.8 Å². The van der Waals surface area contributed by atoms with Crippen molar-refractivity contribution >= 4 is 15.7 Å². The average Bonchev–Trinajstić information content (AvgIpc) is 2.34. The normalized spacial score (nSPS) is 13.4. The van der Waals surface area contributed by atoms with E-state index in [2.05, 4.69) is 4.72 Å². The van der Waals surface area contributed by atoms with Gasteiger partial charge in [-0.1, -0.05) is 6.07 Å². The smallest absolute Gasteiger partial charge is 0.241 e. The van der Waals surface area contributed by atoms with Gasteiger partial charge >= 0.3 is 0 Å². The van der Waals surface area contributed by atoms with Crippen LogP contribution < -0.4 is 10.5 Å². The first kappa shape index (κ1) is 16.9. The molecule has 0 saturated carbocycles. The second-order valence-electron chi connectivity index (χ2n) is 5.00. The highest BCUT2D eigenvalue weighted by Crippen LogP contribution is 2.27. The molecule has 114 valence electrons. The van der Waals surface area contributed by atoms with E-state index in [1.807, 2.05) is 20.8 Å². The number of rotatable bonds is 6. The van der Waals surface area contributed by atoms with Gasteiger partial charge in [-0.2, -0.15) is 0 Å². The van der Waals surface area contributed by atoms with Gasteiger partial charge in [0.2, 0.25) is 10.0 Å². The number of nitrogen functional groups attached to an aromatic ring is 1. The third kappa shape index (κ3) is 3.71. The summed E-state index contributed by atoms with van der Waals surface area (Å²) in [5, 5.41) is 0.